The van der Waals surface area contributed by atoms with Gasteiger partial charge in [0.05, 0.1) is 5.02 Å². The monoisotopic (exact) mass is 405 g/mol. The minimum absolute atomic E-state index is 0. The van der Waals surface area contributed by atoms with Crippen molar-refractivity contribution in [3.05, 3.63) is 35.5 Å². The Bertz CT molecular complexity index is 715. The number of nitrogens with one attached hydrogen (secondary N) is 1. The van der Waals surface area contributed by atoms with Gasteiger partial charge < -0.3 is 15.8 Å². The van der Waals surface area contributed by atoms with Crippen molar-refractivity contribution in [3.63, 3.8) is 0 Å². The first-order valence-corrected chi connectivity index (χ1v) is 8.22. The van der Waals surface area contributed by atoms with Crippen molar-refractivity contribution in [3.8, 4) is 5.75 Å². The molecule has 0 saturated heterocycles. The number of aromatic nitrogens is 1. The van der Waals surface area contributed by atoms with Gasteiger partial charge in [0.25, 0.3) is 5.91 Å². The number of pyridine rings is 1. The van der Waals surface area contributed by atoms with E-state index in [4.69, 9.17) is 22.1 Å². The highest BCUT2D eigenvalue weighted by Crippen LogP contribution is 2.29. The summed E-state index contributed by atoms with van der Waals surface area (Å²) in [5.41, 5.74) is 6.40. The Balaban J connectivity index is 0.00000156. The predicted molar refractivity (Wildman–Crippen MR) is 105 cm³/mol. The van der Waals surface area contributed by atoms with E-state index in [-0.39, 0.29) is 43.4 Å². The zero-order valence-corrected chi connectivity index (χ0v) is 16.0. The van der Waals surface area contributed by atoms with Crippen LogP contribution >= 0.6 is 36.4 Å². The fraction of sp³-hybridized carbons (Fsp3) is 0.412. The van der Waals surface area contributed by atoms with E-state index in [0.29, 0.717) is 28.8 Å². The minimum atomic E-state index is -0.130. The van der Waals surface area contributed by atoms with E-state index >= 15 is 0 Å². The minimum Gasteiger partial charge on any atom is -0.481 e. The smallest absolute Gasteiger partial charge is 0.258 e. The van der Waals surface area contributed by atoms with Gasteiger partial charge in [0.15, 0.2) is 6.61 Å². The first-order valence-electron chi connectivity index (χ1n) is 7.84. The molecule has 1 saturated carbocycles. The Morgan fingerprint density at radius 3 is 2.88 bits per heavy atom. The van der Waals surface area contributed by atoms with Crippen molar-refractivity contribution in [2.24, 2.45) is 11.7 Å². The molecular formula is C17H22Cl3N3O2. The number of carbonyl (C=O) groups excluding carboxylic acids is 1. The van der Waals surface area contributed by atoms with Gasteiger partial charge in [0.1, 0.15) is 11.3 Å². The van der Waals surface area contributed by atoms with E-state index in [1.165, 1.54) is 0 Å². The second kappa shape index (κ2) is 10.0. The number of ether oxygens (including phenoxy) is 1. The molecule has 0 bridgehead atoms. The van der Waals surface area contributed by atoms with Crippen LogP contribution in [0.4, 0.5) is 0 Å². The van der Waals surface area contributed by atoms with Crippen LogP contribution in [0.25, 0.3) is 10.9 Å². The lowest BCUT2D eigenvalue weighted by Gasteiger charge is -2.19. The van der Waals surface area contributed by atoms with Crippen LogP contribution < -0.4 is 15.8 Å². The Labute approximate surface area is 164 Å². The summed E-state index contributed by atoms with van der Waals surface area (Å²) in [6.07, 6.45) is 4.85. The quantitative estimate of drug-likeness (QED) is 0.798. The molecule has 1 amide bonds. The van der Waals surface area contributed by atoms with Crippen molar-refractivity contribution in [1.82, 2.24) is 10.3 Å². The van der Waals surface area contributed by atoms with Crippen LogP contribution in [0.1, 0.15) is 19.3 Å². The molecule has 2 atom stereocenters. The molecule has 2 aromatic rings. The summed E-state index contributed by atoms with van der Waals surface area (Å²) in [7, 11) is 0. The van der Waals surface area contributed by atoms with Gasteiger partial charge in [-0.1, -0.05) is 18.0 Å². The molecule has 1 aromatic heterocycles. The van der Waals surface area contributed by atoms with Crippen molar-refractivity contribution >= 4 is 53.2 Å². The molecular weight excluding hydrogens is 385 g/mol. The Morgan fingerprint density at radius 2 is 2.12 bits per heavy atom. The third-order valence-electron chi connectivity index (χ3n) is 4.35. The summed E-state index contributed by atoms with van der Waals surface area (Å²) in [4.78, 5) is 16.4. The van der Waals surface area contributed by atoms with E-state index in [9.17, 15) is 4.79 Å². The lowest BCUT2D eigenvalue weighted by Crippen LogP contribution is -2.42. The van der Waals surface area contributed by atoms with Gasteiger partial charge in [-0.3, -0.25) is 9.78 Å². The Kier molecular flexibility index (Phi) is 8.73. The molecule has 25 heavy (non-hydrogen) atoms. The van der Waals surface area contributed by atoms with Gasteiger partial charge in [0.2, 0.25) is 0 Å². The van der Waals surface area contributed by atoms with Gasteiger partial charge in [-0.05, 0) is 49.6 Å². The lowest BCUT2D eigenvalue weighted by atomic mass is 10.0. The number of benzene rings is 1. The molecule has 1 aromatic carbocycles. The van der Waals surface area contributed by atoms with Crippen LogP contribution in [0.3, 0.4) is 0 Å². The molecule has 1 fully saturated rings. The maximum atomic E-state index is 12.1. The average Bonchev–Trinajstić information content (AvgIpc) is 3.01. The third-order valence-corrected chi connectivity index (χ3v) is 4.68. The van der Waals surface area contributed by atoms with Crippen molar-refractivity contribution in [2.45, 2.75) is 25.3 Å². The van der Waals surface area contributed by atoms with Crippen LogP contribution in [0.2, 0.25) is 5.02 Å². The van der Waals surface area contributed by atoms with Crippen LogP contribution in [0.15, 0.2) is 30.5 Å². The molecule has 1 aliphatic carbocycles. The zero-order chi connectivity index (χ0) is 16.2. The van der Waals surface area contributed by atoms with Gasteiger partial charge in [0, 0.05) is 17.6 Å². The Morgan fingerprint density at radius 1 is 1.32 bits per heavy atom. The fourth-order valence-corrected chi connectivity index (χ4v) is 3.34. The van der Waals surface area contributed by atoms with Crippen molar-refractivity contribution < 1.29 is 9.53 Å². The summed E-state index contributed by atoms with van der Waals surface area (Å²) in [5, 5.41) is 4.44. The van der Waals surface area contributed by atoms with Gasteiger partial charge in [-0.15, -0.1) is 24.8 Å². The van der Waals surface area contributed by atoms with E-state index in [0.717, 1.165) is 24.6 Å². The number of nitrogens with zero attached hydrogens (tertiary/aromatic N) is 1. The molecule has 138 valence electrons. The lowest BCUT2D eigenvalue weighted by molar-refractivity contribution is -0.124. The third kappa shape index (κ3) is 5.11. The van der Waals surface area contributed by atoms with Gasteiger partial charge in [-0.2, -0.15) is 0 Å². The van der Waals surface area contributed by atoms with Gasteiger partial charge >= 0.3 is 0 Å². The highest BCUT2D eigenvalue weighted by Gasteiger charge is 2.27. The van der Waals surface area contributed by atoms with Crippen LogP contribution in [-0.4, -0.2) is 30.1 Å². The second-order valence-electron chi connectivity index (χ2n) is 5.83. The molecule has 2 unspecified atom stereocenters. The molecule has 0 aliphatic heterocycles. The molecule has 0 spiro atoms. The van der Waals surface area contributed by atoms with Crippen LogP contribution in [0, 0.1) is 5.92 Å². The molecule has 0 radical (unpaired) electrons. The van der Waals surface area contributed by atoms with Crippen molar-refractivity contribution in [1.29, 1.82) is 0 Å². The first kappa shape index (κ1) is 21.8. The maximum Gasteiger partial charge on any atom is 0.258 e. The van der Waals surface area contributed by atoms with E-state index < -0.39 is 0 Å². The number of fused-ring (bicyclic) bond motifs is 1. The molecule has 1 aliphatic rings. The zero-order valence-electron chi connectivity index (χ0n) is 13.6. The summed E-state index contributed by atoms with van der Waals surface area (Å²) < 4.78 is 5.65. The van der Waals surface area contributed by atoms with Crippen molar-refractivity contribution in [2.75, 3.05) is 13.2 Å². The number of hydrogen-bond donors (Lipinski definition) is 2. The molecule has 8 heteroatoms. The summed E-state index contributed by atoms with van der Waals surface area (Å²) >= 11 is 6.15. The number of amides is 1. The summed E-state index contributed by atoms with van der Waals surface area (Å²) in [5.74, 6) is 0.799. The van der Waals surface area contributed by atoms with Crippen LogP contribution in [-0.2, 0) is 4.79 Å². The molecule has 5 nitrogen and oxygen atoms in total. The summed E-state index contributed by atoms with van der Waals surface area (Å²) in [6, 6.07) is 7.35. The number of rotatable bonds is 5. The topological polar surface area (TPSA) is 77.2 Å². The van der Waals surface area contributed by atoms with E-state index in [1.54, 1.807) is 18.3 Å². The normalized spacial score (nSPS) is 19.0. The number of hydrogen-bond acceptors (Lipinski definition) is 4. The van der Waals surface area contributed by atoms with E-state index in [1.807, 2.05) is 12.1 Å². The van der Waals surface area contributed by atoms with Crippen LogP contribution in [0.5, 0.6) is 5.75 Å². The highest BCUT2D eigenvalue weighted by molar-refractivity contribution is 6.35. The number of halogens is 3. The fourth-order valence-electron chi connectivity index (χ4n) is 3.13. The Hall–Kier alpha value is -1.27. The second-order valence-corrected chi connectivity index (χ2v) is 6.24. The first-order chi connectivity index (χ1) is 11.2. The number of carbonyl (C=O) groups is 1. The standard InChI is InChI=1S/C17H20ClN3O2.2ClH/c18-13-6-7-15(17-12(13)4-2-8-20-17)23-10-16(22)21-14-5-1-3-11(14)9-19;;/h2,4,6-8,11,14H,1,3,5,9-10,19H2,(H,21,22);2*1H. The predicted octanol–water partition coefficient (Wildman–Crippen LogP) is 3.35. The number of nitrogens with two attached hydrogens (primary N) is 1. The SMILES string of the molecule is Cl.Cl.NCC1CCCC1NC(=O)COc1ccc(Cl)c2cccnc12. The van der Waals surface area contributed by atoms with E-state index in [2.05, 4.69) is 10.3 Å². The maximum absolute atomic E-state index is 12.1. The average molecular weight is 407 g/mol. The summed E-state index contributed by atoms with van der Waals surface area (Å²) in [6.45, 7) is 0.568. The highest BCUT2D eigenvalue weighted by atomic mass is 35.5. The molecule has 1 heterocycles. The molecule has 3 rings (SSSR count). The van der Waals surface area contributed by atoms with Gasteiger partial charge in [-0.25, -0.2) is 0 Å². The largest absolute Gasteiger partial charge is 0.481 e. The molecule has 3 N–H and O–H groups in total.